The van der Waals surface area contributed by atoms with Crippen molar-refractivity contribution >= 4 is 11.6 Å². The highest BCUT2D eigenvalue weighted by Crippen LogP contribution is 2.23. The lowest BCUT2D eigenvalue weighted by atomic mass is 10.1. The van der Waals surface area contributed by atoms with E-state index in [4.69, 9.17) is 4.74 Å². The van der Waals surface area contributed by atoms with Crippen molar-refractivity contribution in [2.75, 3.05) is 51.3 Å². The average molecular weight is 345 g/mol. The maximum absolute atomic E-state index is 12.8. The summed E-state index contributed by atoms with van der Waals surface area (Å²) in [6.45, 7) is 7.71. The molecule has 0 aliphatic carbocycles. The molecule has 5 nitrogen and oxygen atoms in total. The van der Waals surface area contributed by atoms with Crippen molar-refractivity contribution in [1.29, 1.82) is 0 Å². The van der Waals surface area contributed by atoms with E-state index < -0.39 is 0 Å². The predicted octanol–water partition coefficient (Wildman–Crippen LogP) is 2.61. The molecule has 1 amide bonds. The molecule has 2 aliphatic rings. The molecule has 25 heavy (non-hydrogen) atoms. The summed E-state index contributed by atoms with van der Waals surface area (Å²) in [6, 6.07) is 8.21. The van der Waals surface area contributed by atoms with Crippen molar-refractivity contribution in [3.8, 4) is 5.75 Å². The van der Waals surface area contributed by atoms with E-state index in [0.29, 0.717) is 5.91 Å². The van der Waals surface area contributed by atoms with Gasteiger partial charge in [-0.05, 0) is 31.9 Å². The summed E-state index contributed by atoms with van der Waals surface area (Å²) in [6.07, 6.45) is 4.83. The number of carbonyl (C=O) groups is 1. The van der Waals surface area contributed by atoms with Crippen LogP contribution in [-0.2, 0) is 4.79 Å². The first-order chi connectivity index (χ1) is 12.2. The van der Waals surface area contributed by atoms with E-state index in [1.54, 1.807) is 7.11 Å². The summed E-state index contributed by atoms with van der Waals surface area (Å²) in [5.41, 5.74) is 1.20. The molecule has 2 aliphatic heterocycles. The molecule has 0 radical (unpaired) electrons. The molecule has 138 valence electrons. The minimum atomic E-state index is -0.00874. The van der Waals surface area contributed by atoms with Gasteiger partial charge in [-0.2, -0.15) is 0 Å². The van der Waals surface area contributed by atoms with Crippen LogP contribution in [-0.4, -0.2) is 68.1 Å². The summed E-state index contributed by atoms with van der Waals surface area (Å²) in [7, 11) is 1.70. The third-order valence-electron chi connectivity index (χ3n) is 5.56. The van der Waals surface area contributed by atoms with E-state index in [-0.39, 0.29) is 6.04 Å². The Bertz CT molecular complexity index is 562. The second-order valence-electron chi connectivity index (χ2n) is 7.14. The number of rotatable bonds is 4. The van der Waals surface area contributed by atoms with Crippen LogP contribution in [0.1, 0.15) is 32.6 Å². The quantitative estimate of drug-likeness (QED) is 0.840. The Morgan fingerprint density at radius 2 is 1.68 bits per heavy atom. The van der Waals surface area contributed by atoms with Gasteiger partial charge in [-0.1, -0.05) is 18.9 Å². The molecule has 1 unspecified atom stereocenters. The summed E-state index contributed by atoms with van der Waals surface area (Å²) in [4.78, 5) is 19.6. The van der Waals surface area contributed by atoms with Crippen LogP contribution in [0.5, 0.6) is 5.75 Å². The van der Waals surface area contributed by atoms with Crippen molar-refractivity contribution in [1.82, 2.24) is 9.80 Å². The van der Waals surface area contributed by atoms with Gasteiger partial charge in [0.1, 0.15) is 5.75 Å². The summed E-state index contributed by atoms with van der Waals surface area (Å²) in [5, 5.41) is 0. The maximum atomic E-state index is 12.8. The zero-order valence-electron chi connectivity index (χ0n) is 15.6. The van der Waals surface area contributed by atoms with Crippen LogP contribution in [0.15, 0.2) is 24.3 Å². The lowest BCUT2D eigenvalue weighted by molar-refractivity contribution is -0.136. The number of hydrogen-bond donors (Lipinski definition) is 0. The van der Waals surface area contributed by atoms with Gasteiger partial charge in [0.25, 0.3) is 0 Å². The molecule has 0 spiro atoms. The van der Waals surface area contributed by atoms with Gasteiger partial charge in [-0.3, -0.25) is 9.69 Å². The van der Waals surface area contributed by atoms with Crippen LogP contribution in [0.2, 0.25) is 0 Å². The Balaban J connectivity index is 1.54. The molecule has 3 rings (SSSR count). The van der Waals surface area contributed by atoms with E-state index >= 15 is 0 Å². The van der Waals surface area contributed by atoms with E-state index in [0.717, 1.165) is 57.9 Å². The fourth-order valence-electron chi connectivity index (χ4n) is 3.89. The molecular weight excluding hydrogens is 314 g/mol. The van der Waals surface area contributed by atoms with E-state index in [1.807, 2.05) is 12.1 Å². The zero-order chi connectivity index (χ0) is 17.6. The summed E-state index contributed by atoms with van der Waals surface area (Å²) in [5.74, 6) is 1.21. The van der Waals surface area contributed by atoms with Crippen LogP contribution in [0.3, 0.4) is 0 Å². The van der Waals surface area contributed by atoms with Gasteiger partial charge in [0, 0.05) is 51.0 Å². The van der Waals surface area contributed by atoms with Gasteiger partial charge in [0.2, 0.25) is 5.91 Å². The third kappa shape index (κ3) is 4.46. The van der Waals surface area contributed by atoms with Crippen molar-refractivity contribution < 1.29 is 9.53 Å². The van der Waals surface area contributed by atoms with Crippen molar-refractivity contribution in [3.05, 3.63) is 24.3 Å². The Labute approximate surface area is 151 Å². The largest absolute Gasteiger partial charge is 0.497 e. The summed E-state index contributed by atoms with van der Waals surface area (Å²) >= 11 is 0. The Morgan fingerprint density at radius 3 is 2.32 bits per heavy atom. The zero-order valence-corrected chi connectivity index (χ0v) is 15.6. The summed E-state index contributed by atoms with van der Waals surface area (Å²) < 4.78 is 5.33. The predicted molar refractivity (Wildman–Crippen MR) is 101 cm³/mol. The SMILES string of the molecule is COc1cccc(N2CCN(C(C)C(=O)N3CCCCCC3)CC2)c1. The van der Waals surface area contributed by atoms with Crippen LogP contribution in [0.4, 0.5) is 5.69 Å². The molecule has 2 saturated heterocycles. The van der Waals surface area contributed by atoms with Crippen LogP contribution < -0.4 is 9.64 Å². The second kappa shape index (κ2) is 8.56. The van der Waals surface area contributed by atoms with Crippen molar-refractivity contribution in [2.24, 2.45) is 0 Å². The number of hydrogen-bond acceptors (Lipinski definition) is 4. The van der Waals surface area contributed by atoms with Gasteiger partial charge in [-0.25, -0.2) is 0 Å². The second-order valence-corrected chi connectivity index (χ2v) is 7.14. The third-order valence-corrected chi connectivity index (χ3v) is 5.56. The topological polar surface area (TPSA) is 36.0 Å². The fraction of sp³-hybridized carbons (Fsp3) is 0.650. The number of likely N-dealkylation sites (tertiary alicyclic amines) is 1. The number of anilines is 1. The molecule has 5 heteroatoms. The van der Waals surface area contributed by atoms with Gasteiger partial charge >= 0.3 is 0 Å². The van der Waals surface area contributed by atoms with Gasteiger partial charge in [0.05, 0.1) is 13.2 Å². The molecule has 0 saturated carbocycles. The minimum absolute atomic E-state index is 0.00874. The Kier molecular flexibility index (Phi) is 6.19. The molecule has 0 N–H and O–H groups in total. The van der Waals surface area contributed by atoms with Gasteiger partial charge in [-0.15, -0.1) is 0 Å². The smallest absolute Gasteiger partial charge is 0.239 e. The normalized spacial score (nSPS) is 20.9. The van der Waals surface area contributed by atoms with E-state index in [1.165, 1.54) is 18.5 Å². The van der Waals surface area contributed by atoms with Gasteiger partial charge < -0.3 is 14.5 Å². The molecule has 0 aromatic heterocycles. The van der Waals surface area contributed by atoms with Crippen LogP contribution in [0, 0.1) is 0 Å². The van der Waals surface area contributed by atoms with Crippen molar-refractivity contribution in [3.63, 3.8) is 0 Å². The van der Waals surface area contributed by atoms with E-state index in [9.17, 15) is 4.79 Å². The molecule has 2 heterocycles. The first-order valence-electron chi connectivity index (χ1n) is 9.61. The monoisotopic (exact) mass is 345 g/mol. The molecule has 1 atom stereocenters. The Hall–Kier alpha value is -1.75. The minimum Gasteiger partial charge on any atom is -0.497 e. The highest BCUT2D eigenvalue weighted by molar-refractivity contribution is 5.81. The average Bonchev–Trinajstić information content (AvgIpc) is 2.96. The molecule has 1 aromatic carbocycles. The van der Waals surface area contributed by atoms with Crippen LogP contribution in [0.25, 0.3) is 0 Å². The first-order valence-corrected chi connectivity index (χ1v) is 9.61. The number of benzene rings is 1. The first kappa shape index (κ1) is 18.1. The van der Waals surface area contributed by atoms with Crippen molar-refractivity contribution in [2.45, 2.75) is 38.6 Å². The van der Waals surface area contributed by atoms with E-state index in [2.05, 4.69) is 33.8 Å². The number of piperazine rings is 1. The lowest BCUT2D eigenvalue weighted by Gasteiger charge is -2.39. The van der Waals surface area contributed by atoms with Crippen LogP contribution >= 0.6 is 0 Å². The molecule has 0 bridgehead atoms. The molecular formula is C20H31N3O2. The standard InChI is InChI=1S/C20H31N3O2/c1-17(20(24)23-10-5-3-4-6-11-23)21-12-14-22(15-13-21)18-8-7-9-19(16-18)25-2/h7-9,16-17H,3-6,10-15H2,1-2H3. The highest BCUT2D eigenvalue weighted by Gasteiger charge is 2.29. The molecule has 2 fully saturated rings. The maximum Gasteiger partial charge on any atom is 0.239 e. The number of amides is 1. The molecule has 1 aromatic rings. The number of carbonyl (C=O) groups excluding carboxylic acids is 1. The Morgan fingerprint density at radius 1 is 1.00 bits per heavy atom. The number of nitrogens with zero attached hydrogens (tertiary/aromatic N) is 3. The highest BCUT2D eigenvalue weighted by atomic mass is 16.5. The number of ether oxygens (including phenoxy) is 1. The number of methoxy groups -OCH3 is 1. The lowest BCUT2D eigenvalue weighted by Crippen LogP contribution is -2.54. The van der Waals surface area contributed by atoms with Gasteiger partial charge in [0.15, 0.2) is 0 Å². The fourth-order valence-corrected chi connectivity index (χ4v) is 3.89.